The highest BCUT2D eigenvalue weighted by atomic mass is 15.2. The van der Waals surface area contributed by atoms with E-state index in [4.69, 9.17) is 11.5 Å². The van der Waals surface area contributed by atoms with Crippen LogP contribution >= 0.6 is 0 Å². The van der Waals surface area contributed by atoms with Gasteiger partial charge in [-0.3, -0.25) is 0 Å². The second kappa shape index (κ2) is 7.49. The molecule has 0 bridgehead atoms. The van der Waals surface area contributed by atoms with Gasteiger partial charge in [-0.15, -0.1) is 0 Å². The molecule has 0 spiro atoms. The summed E-state index contributed by atoms with van der Waals surface area (Å²) in [7, 11) is 2.15. The minimum atomic E-state index is 0.162. The third-order valence-electron chi connectivity index (χ3n) is 1.71. The summed E-state index contributed by atoms with van der Waals surface area (Å²) in [6.07, 6.45) is 0. The molecule has 0 radical (unpaired) electrons. The van der Waals surface area contributed by atoms with E-state index in [0.717, 1.165) is 13.1 Å². The van der Waals surface area contributed by atoms with Crippen LogP contribution in [0.3, 0.4) is 0 Å². The van der Waals surface area contributed by atoms with Gasteiger partial charge in [0.25, 0.3) is 0 Å². The van der Waals surface area contributed by atoms with Gasteiger partial charge in [-0.05, 0) is 14.0 Å². The summed E-state index contributed by atoms with van der Waals surface area (Å²) >= 11 is 0. The van der Waals surface area contributed by atoms with Crippen LogP contribution in [0.4, 0.5) is 0 Å². The van der Waals surface area contributed by atoms with Crippen LogP contribution in [-0.2, 0) is 0 Å². The zero-order valence-electron chi connectivity index (χ0n) is 8.21. The number of likely N-dealkylation sites (N-methyl/N-ethyl adjacent to an activating group) is 1. The molecule has 0 aromatic carbocycles. The van der Waals surface area contributed by atoms with Crippen molar-refractivity contribution in [2.24, 2.45) is 11.5 Å². The van der Waals surface area contributed by atoms with Crippen molar-refractivity contribution in [2.75, 3.05) is 39.8 Å². The van der Waals surface area contributed by atoms with E-state index < -0.39 is 0 Å². The van der Waals surface area contributed by atoms with Gasteiger partial charge in [0.05, 0.1) is 0 Å². The minimum Gasteiger partial charge on any atom is -0.329 e. The second-order valence-electron chi connectivity index (χ2n) is 3.27. The summed E-state index contributed by atoms with van der Waals surface area (Å²) in [5, 5.41) is 3.27. The number of nitrogens with zero attached hydrogens (tertiary/aromatic N) is 1. The topological polar surface area (TPSA) is 67.3 Å². The summed E-state index contributed by atoms with van der Waals surface area (Å²) in [6, 6.07) is 0.162. The first-order valence-electron chi connectivity index (χ1n) is 4.51. The number of hydrogen-bond acceptors (Lipinski definition) is 4. The molecule has 0 amide bonds. The van der Waals surface area contributed by atoms with Crippen LogP contribution in [-0.4, -0.2) is 50.7 Å². The van der Waals surface area contributed by atoms with Gasteiger partial charge in [0.15, 0.2) is 0 Å². The molecule has 1 saturated heterocycles. The molecule has 1 aliphatic rings. The SMILES string of the molecule is CC(N)CN.CN1CCNCC1. The lowest BCUT2D eigenvalue weighted by atomic mass is 10.4. The first kappa shape index (κ1) is 11.8. The largest absolute Gasteiger partial charge is 0.329 e. The molecule has 5 N–H and O–H groups in total. The maximum Gasteiger partial charge on any atom is 0.0134 e. The maximum absolute atomic E-state index is 5.17. The van der Waals surface area contributed by atoms with E-state index in [9.17, 15) is 0 Å². The molecule has 1 rings (SSSR count). The Morgan fingerprint density at radius 2 is 1.83 bits per heavy atom. The molecule has 0 aromatic rings. The molecule has 74 valence electrons. The summed E-state index contributed by atoms with van der Waals surface area (Å²) in [6.45, 7) is 7.20. The lowest BCUT2D eigenvalue weighted by Gasteiger charge is -2.21. The van der Waals surface area contributed by atoms with Crippen molar-refractivity contribution >= 4 is 0 Å². The highest BCUT2D eigenvalue weighted by molar-refractivity contribution is 4.62. The van der Waals surface area contributed by atoms with Gasteiger partial charge < -0.3 is 21.7 Å². The Hall–Kier alpha value is -0.160. The number of piperazine rings is 1. The van der Waals surface area contributed by atoms with Crippen LogP contribution in [0.2, 0.25) is 0 Å². The fraction of sp³-hybridized carbons (Fsp3) is 1.00. The fourth-order valence-electron chi connectivity index (χ4n) is 0.777. The van der Waals surface area contributed by atoms with Gasteiger partial charge in [-0.2, -0.15) is 0 Å². The monoisotopic (exact) mass is 174 g/mol. The molecule has 1 aliphatic heterocycles. The summed E-state index contributed by atoms with van der Waals surface area (Å²) < 4.78 is 0. The third kappa shape index (κ3) is 7.94. The number of rotatable bonds is 1. The number of nitrogens with two attached hydrogens (primary N) is 2. The fourth-order valence-corrected chi connectivity index (χ4v) is 0.777. The number of nitrogens with one attached hydrogen (secondary N) is 1. The highest BCUT2D eigenvalue weighted by Crippen LogP contribution is 1.83. The van der Waals surface area contributed by atoms with E-state index in [2.05, 4.69) is 17.3 Å². The van der Waals surface area contributed by atoms with Crippen LogP contribution in [0.15, 0.2) is 0 Å². The average Bonchev–Trinajstić information content (AvgIpc) is 2.07. The van der Waals surface area contributed by atoms with Gasteiger partial charge in [0, 0.05) is 38.8 Å². The Kier molecular flexibility index (Phi) is 7.39. The quantitative estimate of drug-likeness (QED) is 0.468. The van der Waals surface area contributed by atoms with Gasteiger partial charge in [-0.1, -0.05) is 0 Å². The first-order valence-corrected chi connectivity index (χ1v) is 4.51. The Morgan fingerprint density at radius 3 is 2.00 bits per heavy atom. The van der Waals surface area contributed by atoms with Crippen molar-refractivity contribution in [3.8, 4) is 0 Å². The lowest BCUT2D eigenvalue weighted by Crippen LogP contribution is -2.40. The van der Waals surface area contributed by atoms with Crippen LogP contribution in [0.5, 0.6) is 0 Å². The van der Waals surface area contributed by atoms with E-state index in [1.165, 1.54) is 13.1 Å². The normalized spacial score (nSPS) is 21.0. The minimum absolute atomic E-state index is 0.162. The van der Waals surface area contributed by atoms with Crippen molar-refractivity contribution in [1.82, 2.24) is 10.2 Å². The molecule has 12 heavy (non-hydrogen) atoms. The molecule has 0 aromatic heterocycles. The first-order chi connectivity index (χ1) is 5.66. The molecular formula is C8H22N4. The Balaban J connectivity index is 0.000000217. The molecule has 1 fully saturated rings. The average molecular weight is 174 g/mol. The van der Waals surface area contributed by atoms with Crippen LogP contribution < -0.4 is 16.8 Å². The maximum atomic E-state index is 5.17. The molecule has 0 saturated carbocycles. The second-order valence-corrected chi connectivity index (χ2v) is 3.27. The van der Waals surface area contributed by atoms with E-state index >= 15 is 0 Å². The smallest absolute Gasteiger partial charge is 0.0134 e. The van der Waals surface area contributed by atoms with Crippen molar-refractivity contribution in [3.63, 3.8) is 0 Å². The van der Waals surface area contributed by atoms with Crippen molar-refractivity contribution < 1.29 is 0 Å². The van der Waals surface area contributed by atoms with Crippen molar-refractivity contribution in [1.29, 1.82) is 0 Å². The molecule has 1 heterocycles. The molecule has 1 atom stereocenters. The van der Waals surface area contributed by atoms with E-state index in [0.29, 0.717) is 6.54 Å². The highest BCUT2D eigenvalue weighted by Gasteiger charge is 2.01. The van der Waals surface area contributed by atoms with E-state index in [1.807, 2.05) is 6.92 Å². The summed E-state index contributed by atoms with van der Waals surface area (Å²) in [5.41, 5.74) is 10.2. The molecule has 4 nitrogen and oxygen atoms in total. The Bertz CT molecular complexity index is 89.1. The Labute approximate surface area is 75.3 Å². The van der Waals surface area contributed by atoms with Crippen LogP contribution in [0.25, 0.3) is 0 Å². The predicted octanol–water partition coefficient (Wildman–Crippen LogP) is -1.19. The lowest BCUT2D eigenvalue weighted by molar-refractivity contribution is 0.291. The molecule has 0 aliphatic carbocycles. The van der Waals surface area contributed by atoms with E-state index in [1.54, 1.807) is 0 Å². The van der Waals surface area contributed by atoms with Gasteiger partial charge in [0.1, 0.15) is 0 Å². The van der Waals surface area contributed by atoms with Crippen molar-refractivity contribution in [3.05, 3.63) is 0 Å². The zero-order valence-corrected chi connectivity index (χ0v) is 8.21. The van der Waals surface area contributed by atoms with Crippen LogP contribution in [0.1, 0.15) is 6.92 Å². The standard InChI is InChI=1S/C5H12N2.C3H10N2/c1-7-4-2-6-3-5-7;1-3(5)2-4/h6H,2-5H2,1H3;3H,2,4-5H2,1H3. The van der Waals surface area contributed by atoms with Crippen LogP contribution in [0, 0.1) is 0 Å². The molecule has 1 unspecified atom stereocenters. The summed E-state index contributed by atoms with van der Waals surface area (Å²) in [5.74, 6) is 0. The summed E-state index contributed by atoms with van der Waals surface area (Å²) in [4.78, 5) is 2.33. The van der Waals surface area contributed by atoms with E-state index in [-0.39, 0.29) is 6.04 Å². The zero-order chi connectivity index (χ0) is 9.40. The third-order valence-corrected chi connectivity index (χ3v) is 1.71. The molecule has 4 heteroatoms. The van der Waals surface area contributed by atoms with Gasteiger partial charge in [-0.25, -0.2) is 0 Å². The Morgan fingerprint density at radius 1 is 1.42 bits per heavy atom. The van der Waals surface area contributed by atoms with Gasteiger partial charge in [0.2, 0.25) is 0 Å². The van der Waals surface area contributed by atoms with Crippen molar-refractivity contribution in [2.45, 2.75) is 13.0 Å². The molecular weight excluding hydrogens is 152 g/mol. The number of hydrogen-bond donors (Lipinski definition) is 3. The van der Waals surface area contributed by atoms with Gasteiger partial charge >= 0.3 is 0 Å². The predicted molar refractivity (Wildman–Crippen MR) is 53.1 cm³/mol.